The summed E-state index contributed by atoms with van der Waals surface area (Å²) in [5, 5.41) is 21.0. The molecule has 3 N–H and O–H groups in total. The molecule has 1 aliphatic carbocycles. The molecule has 1 rings (SSSR count). The zero-order chi connectivity index (χ0) is 8.10. The summed E-state index contributed by atoms with van der Waals surface area (Å²) in [6.07, 6.45) is 5.34. The highest BCUT2D eigenvalue weighted by atomic mass is 16.5. The third kappa shape index (κ3) is 2.48. The van der Waals surface area contributed by atoms with E-state index in [1.54, 1.807) is 11.8 Å². The van der Waals surface area contributed by atoms with Crippen LogP contribution in [-0.4, -0.2) is 22.6 Å². The van der Waals surface area contributed by atoms with Crippen LogP contribution in [0.2, 0.25) is 0 Å². The Labute approximate surface area is 65.9 Å². The number of aliphatic hydroxyl groups excluding tert-OH is 1. The molecule has 0 bridgehead atoms. The van der Waals surface area contributed by atoms with E-state index < -0.39 is 0 Å². The molecule has 2 atom stereocenters. The van der Waals surface area contributed by atoms with Crippen molar-refractivity contribution in [2.45, 2.75) is 31.8 Å². The minimum Gasteiger partial charge on any atom is -0.392 e. The molecule has 0 spiro atoms. The molecule has 0 aromatic carbocycles. The van der Waals surface area contributed by atoms with Crippen LogP contribution in [0.15, 0.2) is 5.10 Å². The van der Waals surface area contributed by atoms with Gasteiger partial charge in [-0.1, -0.05) is 12.8 Å². The van der Waals surface area contributed by atoms with Gasteiger partial charge in [-0.2, -0.15) is 10.7 Å². The molecule has 64 valence electrons. The minimum absolute atomic E-state index is 0.114. The van der Waals surface area contributed by atoms with Crippen LogP contribution in [0.1, 0.15) is 25.7 Å². The molecule has 0 aliphatic heterocycles. The molecule has 11 heavy (non-hydrogen) atoms. The average molecular weight is 158 g/mol. The Balaban J connectivity index is 2.35. The second-order valence-corrected chi connectivity index (χ2v) is 2.89. The fourth-order valence-corrected chi connectivity index (χ4v) is 1.44. The molecule has 4 nitrogen and oxygen atoms in total. The van der Waals surface area contributed by atoms with E-state index in [9.17, 15) is 5.11 Å². The first-order valence-corrected chi connectivity index (χ1v) is 3.95. The Morgan fingerprint density at radius 2 is 2.09 bits per heavy atom. The van der Waals surface area contributed by atoms with Gasteiger partial charge < -0.3 is 5.11 Å². The van der Waals surface area contributed by atoms with Crippen molar-refractivity contribution in [1.82, 2.24) is 5.59 Å². The van der Waals surface area contributed by atoms with Crippen molar-refractivity contribution in [2.24, 2.45) is 11.0 Å². The van der Waals surface area contributed by atoms with E-state index in [4.69, 9.17) is 5.21 Å². The van der Waals surface area contributed by atoms with Crippen molar-refractivity contribution < 1.29 is 10.3 Å². The monoisotopic (exact) mass is 158 g/mol. The molecule has 0 aromatic heterocycles. The molecule has 0 amide bonds. The smallest absolute Gasteiger partial charge is 0.0618 e. The van der Waals surface area contributed by atoms with Crippen LogP contribution in [0.5, 0.6) is 0 Å². The molecule has 2 unspecified atom stereocenters. The number of hydrogen-bond donors (Lipinski definition) is 3. The second kappa shape index (κ2) is 4.31. The van der Waals surface area contributed by atoms with Crippen molar-refractivity contribution in [3.63, 3.8) is 0 Å². The van der Waals surface area contributed by atoms with Crippen molar-refractivity contribution >= 4 is 6.21 Å². The lowest BCUT2D eigenvalue weighted by Gasteiger charge is -2.23. The summed E-state index contributed by atoms with van der Waals surface area (Å²) in [6.45, 7) is 0. The van der Waals surface area contributed by atoms with Gasteiger partial charge >= 0.3 is 0 Å². The standard InChI is InChI=1S/C7H14N2O2/c10-7-4-2-1-3-6(7)5-8-9-11/h5-7,9-11H,1-4H2/b8-5-. The van der Waals surface area contributed by atoms with E-state index in [-0.39, 0.29) is 12.0 Å². The summed E-state index contributed by atoms with van der Waals surface area (Å²) in [4.78, 5) is 0. The van der Waals surface area contributed by atoms with Gasteiger partial charge in [-0.05, 0) is 12.8 Å². The maximum Gasteiger partial charge on any atom is 0.0618 e. The van der Waals surface area contributed by atoms with Gasteiger partial charge in [0.2, 0.25) is 0 Å². The molecule has 0 radical (unpaired) electrons. The highest BCUT2D eigenvalue weighted by Crippen LogP contribution is 2.22. The summed E-state index contributed by atoms with van der Waals surface area (Å²) in [5.41, 5.74) is 1.69. The average Bonchev–Trinajstić information content (AvgIpc) is 2.03. The number of nitrogens with one attached hydrogen (secondary N) is 1. The van der Waals surface area contributed by atoms with Gasteiger partial charge in [-0.15, -0.1) is 0 Å². The van der Waals surface area contributed by atoms with Gasteiger partial charge in [0.15, 0.2) is 0 Å². The number of hydrogen-bond acceptors (Lipinski definition) is 4. The Morgan fingerprint density at radius 3 is 2.73 bits per heavy atom. The lowest BCUT2D eigenvalue weighted by atomic mass is 9.87. The number of hydrazone groups is 1. The van der Waals surface area contributed by atoms with Gasteiger partial charge in [0.25, 0.3) is 0 Å². The van der Waals surface area contributed by atoms with Crippen molar-refractivity contribution in [3.8, 4) is 0 Å². The predicted molar refractivity (Wildman–Crippen MR) is 41.4 cm³/mol. The van der Waals surface area contributed by atoms with E-state index in [2.05, 4.69) is 5.10 Å². The quantitative estimate of drug-likeness (QED) is 0.405. The van der Waals surface area contributed by atoms with E-state index >= 15 is 0 Å². The van der Waals surface area contributed by atoms with Crippen LogP contribution in [0, 0.1) is 5.92 Å². The third-order valence-corrected chi connectivity index (χ3v) is 2.11. The van der Waals surface area contributed by atoms with E-state index in [0.717, 1.165) is 25.7 Å². The molecule has 0 aromatic rings. The molecular weight excluding hydrogens is 144 g/mol. The van der Waals surface area contributed by atoms with Gasteiger partial charge in [-0.3, -0.25) is 5.21 Å². The first-order chi connectivity index (χ1) is 5.34. The Bertz CT molecular complexity index is 138. The van der Waals surface area contributed by atoms with Crippen molar-refractivity contribution in [1.29, 1.82) is 0 Å². The minimum atomic E-state index is -0.277. The molecular formula is C7H14N2O2. The number of rotatable bonds is 2. The van der Waals surface area contributed by atoms with Crippen LogP contribution in [-0.2, 0) is 0 Å². The Kier molecular flexibility index (Phi) is 3.32. The van der Waals surface area contributed by atoms with Gasteiger partial charge in [-0.25, -0.2) is 0 Å². The van der Waals surface area contributed by atoms with E-state index in [0.29, 0.717) is 0 Å². The predicted octanol–water partition coefficient (Wildman–Crippen LogP) is 0.502. The third-order valence-electron chi connectivity index (χ3n) is 2.11. The zero-order valence-corrected chi connectivity index (χ0v) is 6.40. The maximum absolute atomic E-state index is 9.39. The summed E-state index contributed by atoms with van der Waals surface area (Å²) < 4.78 is 0. The number of aliphatic hydroxyl groups is 1. The highest BCUT2D eigenvalue weighted by molar-refractivity contribution is 5.61. The SMILES string of the molecule is ON/N=C\C1CCCCC1O. The highest BCUT2D eigenvalue weighted by Gasteiger charge is 2.20. The van der Waals surface area contributed by atoms with E-state index in [1.165, 1.54) is 0 Å². The molecule has 4 heteroatoms. The fraction of sp³-hybridized carbons (Fsp3) is 0.857. The van der Waals surface area contributed by atoms with Gasteiger partial charge in [0.1, 0.15) is 0 Å². The van der Waals surface area contributed by atoms with Crippen LogP contribution >= 0.6 is 0 Å². The van der Waals surface area contributed by atoms with Gasteiger partial charge in [0.05, 0.1) is 6.10 Å². The van der Waals surface area contributed by atoms with E-state index in [1.807, 2.05) is 0 Å². The summed E-state index contributed by atoms with van der Waals surface area (Å²) >= 11 is 0. The van der Waals surface area contributed by atoms with Crippen molar-refractivity contribution in [3.05, 3.63) is 0 Å². The Morgan fingerprint density at radius 1 is 1.36 bits per heavy atom. The van der Waals surface area contributed by atoms with Crippen molar-refractivity contribution in [2.75, 3.05) is 0 Å². The second-order valence-electron chi connectivity index (χ2n) is 2.89. The summed E-state index contributed by atoms with van der Waals surface area (Å²) in [7, 11) is 0. The maximum atomic E-state index is 9.39. The van der Waals surface area contributed by atoms with Crippen LogP contribution in [0.25, 0.3) is 0 Å². The topological polar surface area (TPSA) is 64.8 Å². The van der Waals surface area contributed by atoms with Gasteiger partial charge in [0, 0.05) is 12.1 Å². The van der Waals surface area contributed by atoms with Crippen LogP contribution in [0.3, 0.4) is 0 Å². The largest absolute Gasteiger partial charge is 0.392 e. The molecule has 0 saturated heterocycles. The lowest BCUT2D eigenvalue weighted by molar-refractivity contribution is 0.102. The molecule has 1 aliphatic rings. The first-order valence-electron chi connectivity index (χ1n) is 3.95. The van der Waals surface area contributed by atoms with Crippen LogP contribution in [0.4, 0.5) is 0 Å². The summed E-state index contributed by atoms with van der Waals surface area (Å²) in [5.74, 6) is 0.114. The Hall–Kier alpha value is -0.610. The normalized spacial score (nSPS) is 32.5. The first kappa shape index (κ1) is 8.49. The van der Waals surface area contributed by atoms with Crippen LogP contribution < -0.4 is 5.59 Å². The molecule has 1 saturated carbocycles. The molecule has 1 fully saturated rings. The fourth-order valence-electron chi connectivity index (χ4n) is 1.44. The molecule has 0 heterocycles. The zero-order valence-electron chi connectivity index (χ0n) is 6.40. The lowest BCUT2D eigenvalue weighted by Crippen LogP contribution is -2.25. The summed E-state index contributed by atoms with van der Waals surface area (Å²) in [6, 6.07) is 0. The number of nitrogens with zero attached hydrogens (tertiary/aromatic N) is 1.